The first kappa shape index (κ1) is 12.8. The Morgan fingerprint density at radius 1 is 1.11 bits per heavy atom. The van der Waals surface area contributed by atoms with Gasteiger partial charge in [-0.05, 0) is 35.0 Å². The first-order valence-electron chi connectivity index (χ1n) is 5.75. The van der Waals surface area contributed by atoms with Crippen molar-refractivity contribution in [3.8, 4) is 0 Å². The van der Waals surface area contributed by atoms with E-state index in [1.807, 2.05) is 55.5 Å². The molecule has 0 unspecified atom stereocenters. The van der Waals surface area contributed by atoms with Crippen molar-refractivity contribution < 1.29 is 4.79 Å². The molecule has 0 bridgehead atoms. The summed E-state index contributed by atoms with van der Waals surface area (Å²) >= 11 is 3.44. The quantitative estimate of drug-likeness (QED) is 0.863. The normalized spacial score (nSPS) is 10.1. The molecule has 0 fully saturated rings. The van der Waals surface area contributed by atoms with Crippen LogP contribution in [0.15, 0.2) is 53.0 Å². The number of nitrogens with one attached hydrogen (secondary N) is 1. The molecule has 2 rings (SSSR count). The molecule has 0 radical (unpaired) electrons. The lowest BCUT2D eigenvalue weighted by Crippen LogP contribution is -2.14. The molecule has 0 spiro atoms. The van der Waals surface area contributed by atoms with Gasteiger partial charge in [-0.3, -0.25) is 4.79 Å². The van der Waals surface area contributed by atoms with Crippen LogP contribution in [-0.2, 0) is 0 Å². The number of Topliss-reactive ketones (excluding diaryl/α,β-unsaturated/α-hetero) is 1. The molecule has 0 aliphatic rings. The zero-order valence-corrected chi connectivity index (χ0v) is 11.7. The third-order valence-corrected chi connectivity index (χ3v) is 3.38. The van der Waals surface area contributed by atoms with E-state index in [2.05, 4.69) is 21.2 Å². The molecule has 0 amide bonds. The van der Waals surface area contributed by atoms with Crippen molar-refractivity contribution in [2.75, 3.05) is 11.9 Å². The van der Waals surface area contributed by atoms with Gasteiger partial charge in [0.15, 0.2) is 5.78 Å². The third-order valence-electron chi connectivity index (χ3n) is 2.69. The van der Waals surface area contributed by atoms with Gasteiger partial charge in [0.2, 0.25) is 0 Å². The lowest BCUT2D eigenvalue weighted by molar-refractivity contribution is 0.101. The minimum Gasteiger partial charge on any atom is -0.377 e. The molecule has 0 heterocycles. The van der Waals surface area contributed by atoms with Crippen molar-refractivity contribution >= 4 is 27.4 Å². The van der Waals surface area contributed by atoms with Gasteiger partial charge in [-0.15, -0.1) is 0 Å². The van der Waals surface area contributed by atoms with Crippen LogP contribution in [0.1, 0.15) is 15.9 Å². The average Bonchev–Trinajstić information content (AvgIpc) is 2.38. The summed E-state index contributed by atoms with van der Waals surface area (Å²) in [4.78, 5) is 12.0. The third kappa shape index (κ3) is 3.20. The molecule has 3 heteroatoms. The summed E-state index contributed by atoms with van der Waals surface area (Å²) in [5.41, 5.74) is 2.82. The number of aryl methyl sites for hydroxylation is 1. The van der Waals surface area contributed by atoms with Crippen LogP contribution < -0.4 is 5.32 Å². The number of carbonyl (C=O) groups is 1. The van der Waals surface area contributed by atoms with E-state index >= 15 is 0 Å². The van der Waals surface area contributed by atoms with Gasteiger partial charge in [0, 0.05) is 15.7 Å². The van der Waals surface area contributed by atoms with E-state index in [9.17, 15) is 4.79 Å². The van der Waals surface area contributed by atoms with Crippen LogP contribution in [0.5, 0.6) is 0 Å². The Balaban J connectivity index is 2.01. The van der Waals surface area contributed by atoms with Crippen molar-refractivity contribution in [1.82, 2.24) is 0 Å². The molecule has 2 aromatic carbocycles. The van der Waals surface area contributed by atoms with Crippen molar-refractivity contribution in [3.05, 3.63) is 64.1 Å². The second kappa shape index (κ2) is 5.83. The average molecular weight is 304 g/mol. The van der Waals surface area contributed by atoms with Gasteiger partial charge in [-0.2, -0.15) is 0 Å². The minimum atomic E-state index is 0.0887. The van der Waals surface area contributed by atoms with Crippen LogP contribution >= 0.6 is 15.9 Å². The highest BCUT2D eigenvalue weighted by Gasteiger charge is 2.06. The summed E-state index contributed by atoms with van der Waals surface area (Å²) in [5.74, 6) is 0.0887. The maximum Gasteiger partial charge on any atom is 0.181 e. The molecule has 0 saturated carbocycles. The number of anilines is 1. The summed E-state index contributed by atoms with van der Waals surface area (Å²) in [6.45, 7) is 2.30. The molecule has 0 saturated heterocycles. The first-order valence-corrected chi connectivity index (χ1v) is 6.54. The van der Waals surface area contributed by atoms with Crippen molar-refractivity contribution in [2.45, 2.75) is 6.92 Å². The Labute approximate surface area is 115 Å². The Kier molecular flexibility index (Phi) is 4.15. The number of hydrogen-bond acceptors (Lipinski definition) is 2. The topological polar surface area (TPSA) is 29.1 Å². The van der Waals surface area contributed by atoms with Crippen LogP contribution in [0.3, 0.4) is 0 Å². The summed E-state index contributed by atoms with van der Waals surface area (Å²) in [5, 5.41) is 3.13. The number of carbonyl (C=O) groups excluding carboxylic acids is 1. The SMILES string of the molecule is Cc1ccc(C(=O)CNc2ccccc2Br)cc1. The number of rotatable bonds is 4. The van der Waals surface area contributed by atoms with E-state index in [4.69, 9.17) is 0 Å². The lowest BCUT2D eigenvalue weighted by Gasteiger charge is -2.07. The largest absolute Gasteiger partial charge is 0.377 e. The van der Waals surface area contributed by atoms with Crippen LogP contribution in [0.2, 0.25) is 0 Å². The second-order valence-electron chi connectivity index (χ2n) is 4.12. The number of hydrogen-bond donors (Lipinski definition) is 1. The first-order chi connectivity index (χ1) is 8.66. The van der Waals surface area contributed by atoms with Gasteiger partial charge in [0.05, 0.1) is 6.54 Å². The molecular formula is C15H14BrNO. The van der Waals surface area contributed by atoms with E-state index in [0.29, 0.717) is 6.54 Å². The van der Waals surface area contributed by atoms with Crippen molar-refractivity contribution in [1.29, 1.82) is 0 Å². The van der Waals surface area contributed by atoms with Gasteiger partial charge in [-0.25, -0.2) is 0 Å². The standard InChI is InChI=1S/C15H14BrNO/c1-11-6-8-12(9-7-11)15(18)10-17-14-5-3-2-4-13(14)16/h2-9,17H,10H2,1H3. The fourth-order valence-corrected chi connectivity index (χ4v) is 2.05. The molecule has 2 aromatic rings. The lowest BCUT2D eigenvalue weighted by atomic mass is 10.1. The van der Waals surface area contributed by atoms with Gasteiger partial charge >= 0.3 is 0 Å². The highest BCUT2D eigenvalue weighted by molar-refractivity contribution is 9.10. The van der Waals surface area contributed by atoms with E-state index in [0.717, 1.165) is 21.3 Å². The molecule has 1 N–H and O–H groups in total. The van der Waals surface area contributed by atoms with Gasteiger partial charge < -0.3 is 5.32 Å². The number of ketones is 1. The molecule has 0 aliphatic carbocycles. The van der Waals surface area contributed by atoms with Crippen LogP contribution in [0.25, 0.3) is 0 Å². The van der Waals surface area contributed by atoms with Gasteiger partial charge in [0.25, 0.3) is 0 Å². The maximum absolute atomic E-state index is 12.0. The maximum atomic E-state index is 12.0. The second-order valence-corrected chi connectivity index (χ2v) is 4.98. The Hall–Kier alpha value is -1.61. The number of para-hydroxylation sites is 1. The van der Waals surface area contributed by atoms with E-state index in [1.54, 1.807) is 0 Å². The molecular weight excluding hydrogens is 290 g/mol. The summed E-state index contributed by atoms with van der Waals surface area (Å²) in [6, 6.07) is 15.4. The number of benzene rings is 2. The molecule has 0 aliphatic heterocycles. The van der Waals surface area contributed by atoms with Gasteiger partial charge in [-0.1, -0.05) is 42.0 Å². The summed E-state index contributed by atoms with van der Waals surface area (Å²) < 4.78 is 0.960. The predicted molar refractivity (Wildman–Crippen MR) is 78.1 cm³/mol. The summed E-state index contributed by atoms with van der Waals surface area (Å²) in [7, 11) is 0. The van der Waals surface area contributed by atoms with E-state index < -0.39 is 0 Å². The predicted octanol–water partition coefficient (Wildman–Crippen LogP) is 4.05. The zero-order valence-electron chi connectivity index (χ0n) is 10.1. The Morgan fingerprint density at radius 3 is 2.44 bits per heavy atom. The fourth-order valence-electron chi connectivity index (χ4n) is 1.62. The fraction of sp³-hybridized carbons (Fsp3) is 0.133. The smallest absolute Gasteiger partial charge is 0.181 e. The highest BCUT2D eigenvalue weighted by atomic mass is 79.9. The Morgan fingerprint density at radius 2 is 1.78 bits per heavy atom. The van der Waals surface area contributed by atoms with Gasteiger partial charge in [0.1, 0.15) is 0 Å². The van der Waals surface area contributed by atoms with Crippen LogP contribution in [0, 0.1) is 6.92 Å². The summed E-state index contributed by atoms with van der Waals surface area (Å²) in [6.07, 6.45) is 0. The molecule has 0 atom stereocenters. The molecule has 18 heavy (non-hydrogen) atoms. The van der Waals surface area contributed by atoms with Crippen molar-refractivity contribution in [3.63, 3.8) is 0 Å². The Bertz CT molecular complexity index is 549. The van der Waals surface area contributed by atoms with Crippen LogP contribution in [0.4, 0.5) is 5.69 Å². The minimum absolute atomic E-state index is 0.0887. The monoisotopic (exact) mass is 303 g/mol. The highest BCUT2D eigenvalue weighted by Crippen LogP contribution is 2.21. The molecule has 92 valence electrons. The van der Waals surface area contributed by atoms with Crippen LogP contribution in [-0.4, -0.2) is 12.3 Å². The van der Waals surface area contributed by atoms with E-state index in [-0.39, 0.29) is 5.78 Å². The molecule has 2 nitrogen and oxygen atoms in total. The molecule has 0 aromatic heterocycles. The zero-order chi connectivity index (χ0) is 13.0. The number of halogens is 1. The van der Waals surface area contributed by atoms with E-state index in [1.165, 1.54) is 0 Å². The van der Waals surface area contributed by atoms with Crippen molar-refractivity contribution in [2.24, 2.45) is 0 Å².